The van der Waals surface area contributed by atoms with Crippen molar-refractivity contribution in [2.24, 2.45) is 0 Å². The van der Waals surface area contributed by atoms with Gasteiger partial charge in [0.05, 0.1) is 11.5 Å². The van der Waals surface area contributed by atoms with Crippen LogP contribution in [-0.2, 0) is 14.3 Å². The van der Waals surface area contributed by atoms with Gasteiger partial charge in [0, 0.05) is 64.6 Å². The minimum atomic E-state index is -0.944. The van der Waals surface area contributed by atoms with E-state index in [4.69, 9.17) is 4.74 Å². The van der Waals surface area contributed by atoms with Crippen LogP contribution in [0.4, 0.5) is 0 Å². The average molecular weight is 511 g/mol. The number of rotatable bonds is 3. The van der Waals surface area contributed by atoms with E-state index in [0.29, 0.717) is 62.6 Å². The number of piperazine rings is 1. The fourth-order valence-electron chi connectivity index (χ4n) is 5.34. The van der Waals surface area contributed by atoms with Crippen LogP contribution >= 0.6 is 11.3 Å². The lowest BCUT2D eigenvalue weighted by atomic mass is 9.96. The number of carbonyl (C=O) groups is 4. The minimum absolute atomic E-state index is 0.00464. The first kappa shape index (κ1) is 24.5. The van der Waals surface area contributed by atoms with Crippen LogP contribution in [0.25, 0.3) is 0 Å². The van der Waals surface area contributed by atoms with Crippen molar-refractivity contribution < 1.29 is 23.9 Å². The number of amides is 4. The van der Waals surface area contributed by atoms with E-state index in [1.165, 1.54) is 18.3 Å². The second-order valence-corrected chi connectivity index (χ2v) is 10.4. The first-order valence-electron chi connectivity index (χ1n) is 12.3. The van der Waals surface area contributed by atoms with Gasteiger partial charge in [-0.15, -0.1) is 11.3 Å². The third kappa shape index (κ3) is 4.51. The molecular formula is C26H30N4O5S. The molecule has 0 radical (unpaired) electrons. The van der Waals surface area contributed by atoms with Crippen LogP contribution in [0.3, 0.4) is 0 Å². The molecule has 5 rings (SSSR count). The van der Waals surface area contributed by atoms with Gasteiger partial charge in [-0.2, -0.15) is 0 Å². The van der Waals surface area contributed by atoms with Gasteiger partial charge in [0.1, 0.15) is 11.8 Å². The highest BCUT2D eigenvalue weighted by molar-refractivity contribution is 7.12. The monoisotopic (exact) mass is 510 g/mol. The number of carbonyl (C=O) groups excluding carboxylic acids is 4. The van der Waals surface area contributed by atoms with Gasteiger partial charge in [0.2, 0.25) is 11.8 Å². The zero-order valence-electron chi connectivity index (χ0n) is 20.3. The molecule has 1 unspecified atom stereocenters. The first-order valence-corrected chi connectivity index (χ1v) is 13.2. The van der Waals surface area contributed by atoms with Crippen molar-refractivity contribution in [2.45, 2.75) is 31.5 Å². The summed E-state index contributed by atoms with van der Waals surface area (Å²) in [4.78, 5) is 59.6. The Labute approximate surface area is 214 Å². The van der Waals surface area contributed by atoms with E-state index < -0.39 is 11.8 Å². The predicted octanol–water partition coefficient (Wildman–Crippen LogP) is 1.91. The Balaban J connectivity index is 1.36. The Kier molecular flexibility index (Phi) is 6.81. The highest BCUT2D eigenvalue weighted by Gasteiger charge is 2.55. The Morgan fingerprint density at radius 3 is 2.11 bits per heavy atom. The van der Waals surface area contributed by atoms with Crippen molar-refractivity contribution in [3.8, 4) is 0 Å². The maximum atomic E-state index is 13.8. The van der Waals surface area contributed by atoms with Gasteiger partial charge in [0.25, 0.3) is 11.8 Å². The highest BCUT2D eigenvalue weighted by atomic mass is 32.1. The van der Waals surface area contributed by atoms with Crippen LogP contribution in [0, 0.1) is 0 Å². The average Bonchev–Trinajstić information content (AvgIpc) is 3.57. The lowest BCUT2D eigenvalue weighted by molar-refractivity contribution is -0.142. The van der Waals surface area contributed by atoms with Gasteiger partial charge in [-0.3, -0.25) is 24.1 Å². The molecule has 190 valence electrons. The number of benzene rings is 1. The maximum absolute atomic E-state index is 13.8. The Morgan fingerprint density at radius 2 is 1.50 bits per heavy atom. The molecule has 2 aromatic rings. The van der Waals surface area contributed by atoms with E-state index >= 15 is 0 Å². The number of ether oxygens (including phenoxy) is 1. The van der Waals surface area contributed by atoms with Crippen molar-refractivity contribution in [3.63, 3.8) is 0 Å². The summed E-state index contributed by atoms with van der Waals surface area (Å²) in [5, 5.41) is 1.88. The fraction of sp³-hybridized carbons (Fsp3) is 0.462. The second kappa shape index (κ2) is 10.0. The standard InChI is InChI=1S/C26H30N4O5S/c1-19(31)27-13-15-29(16-14-27)24(33)21-18-35-26(30(21)23(32)20-6-3-2-4-7-20)9-11-28(12-10-26)25(34)22-8-5-17-36-22/h2-8,17,21H,9-16,18H2,1H3. The number of piperidine rings is 1. The molecule has 36 heavy (non-hydrogen) atoms. The van der Waals surface area contributed by atoms with E-state index in [2.05, 4.69) is 0 Å². The molecule has 0 saturated carbocycles. The predicted molar refractivity (Wildman–Crippen MR) is 133 cm³/mol. The summed E-state index contributed by atoms with van der Waals surface area (Å²) in [5.41, 5.74) is -0.445. The van der Waals surface area contributed by atoms with Gasteiger partial charge in [-0.25, -0.2) is 0 Å². The number of hydrogen-bond donors (Lipinski definition) is 0. The normalized spacial score (nSPS) is 21.6. The van der Waals surface area contributed by atoms with E-state index in [0.717, 1.165) is 0 Å². The Hall–Kier alpha value is -3.24. The summed E-state index contributed by atoms with van der Waals surface area (Å²) in [6, 6.07) is 11.9. The second-order valence-electron chi connectivity index (χ2n) is 9.42. The molecular weight excluding hydrogens is 480 g/mol. The summed E-state index contributed by atoms with van der Waals surface area (Å²) in [6.07, 6.45) is 0.870. The quantitative estimate of drug-likeness (QED) is 0.629. The van der Waals surface area contributed by atoms with Crippen LogP contribution < -0.4 is 0 Å². The Bertz CT molecular complexity index is 1120. The van der Waals surface area contributed by atoms with Crippen molar-refractivity contribution in [2.75, 3.05) is 45.9 Å². The summed E-state index contributed by atoms with van der Waals surface area (Å²) < 4.78 is 6.30. The summed E-state index contributed by atoms with van der Waals surface area (Å²) in [7, 11) is 0. The summed E-state index contributed by atoms with van der Waals surface area (Å²) in [6.45, 7) is 4.33. The van der Waals surface area contributed by atoms with Gasteiger partial charge in [-0.05, 0) is 23.6 Å². The minimum Gasteiger partial charge on any atom is -0.353 e. The molecule has 0 N–H and O–H groups in total. The van der Waals surface area contributed by atoms with Crippen molar-refractivity contribution in [1.82, 2.24) is 19.6 Å². The van der Waals surface area contributed by atoms with E-state index in [1.54, 1.807) is 43.9 Å². The SMILES string of the molecule is CC(=O)N1CCN(C(=O)C2COC3(CCN(C(=O)c4cccs4)CC3)N2C(=O)c2ccccc2)CC1. The van der Waals surface area contributed by atoms with Crippen LogP contribution in [-0.4, -0.2) is 101 Å². The maximum Gasteiger partial charge on any atom is 0.263 e. The lowest BCUT2D eigenvalue weighted by Gasteiger charge is -2.45. The Morgan fingerprint density at radius 1 is 0.833 bits per heavy atom. The molecule has 3 aliphatic rings. The molecule has 3 aliphatic heterocycles. The molecule has 1 aromatic carbocycles. The molecule has 4 heterocycles. The smallest absolute Gasteiger partial charge is 0.263 e. The molecule has 1 aromatic heterocycles. The number of thiophene rings is 1. The molecule has 1 atom stereocenters. The molecule has 1 spiro atoms. The van der Waals surface area contributed by atoms with Crippen LogP contribution in [0.15, 0.2) is 47.8 Å². The third-order valence-corrected chi connectivity index (χ3v) is 8.24. The first-order chi connectivity index (χ1) is 17.4. The van der Waals surface area contributed by atoms with E-state index in [9.17, 15) is 19.2 Å². The number of nitrogens with zero attached hydrogens (tertiary/aromatic N) is 4. The fourth-order valence-corrected chi connectivity index (χ4v) is 6.03. The molecule has 3 fully saturated rings. The summed E-state index contributed by atoms with van der Waals surface area (Å²) >= 11 is 1.41. The van der Waals surface area contributed by atoms with Gasteiger partial charge >= 0.3 is 0 Å². The molecule has 9 nitrogen and oxygen atoms in total. The molecule has 0 bridgehead atoms. The molecule has 4 amide bonds. The van der Waals surface area contributed by atoms with Crippen molar-refractivity contribution >= 4 is 35.0 Å². The van der Waals surface area contributed by atoms with Crippen molar-refractivity contribution in [1.29, 1.82) is 0 Å². The zero-order chi connectivity index (χ0) is 25.3. The third-order valence-electron chi connectivity index (χ3n) is 7.39. The van der Waals surface area contributed by atoms with Gasteiger partial charge < -0.3 is 19.4 Å². The summed E-state index contributed by atoms with van der Waals surface area (Å²) in [5.74, 6) is -0.423. The molecule has 10 heteroatoms. The van der Waals surface area contributed by atoms with Crippen LogP contribution in [0.1, 0.15) is 39.8 Å². The lowest BCUT2D eigenvalue weighted by Crippen LogP contribution is -2.61. The molecule has 3 saturated heterocycles. The largest absolute Gasteiger partial charge is 0.353 e. The van der Waals surface area contributed by atoms with E-state index in [1.807, 2.05) is 23.6 Å². The van der Waals surface area contributed by atoms with Crippen molar-refractivity contribution in [3.05, 3.63) is 58.3 Å². The van der Waals surface area contributed by atoms with Crippen LogP contribution in [0.2, 0.25) is 0 Å². The molecule has 0 aliphatic carbocycles. The number of likely N-dealkylation sites (tertiary alicyclic amines) is 1. The topological polar surface area (TPSA) is 90.5 Å². The van der Waals surface area contributed by atoms with Gasteiger partial charge in [0.15, 0.2) is 0 Å². The highest BCUT2D eigenvalue weighted by Crippen LogP contribution is 2.39. The van der Waals surface area contributed by atoms with Gasteiger partial charge in [-0.1, -0.05) is 24.3 Å². The zero-order valence-corrected chi connectivity index (χ0v) is 21.1. The number of hydrogen-bond acceptors (Lipinski definition) is 6. The van der Waals surface area contributed by atoms with E-state index in [-0.39, 0.29) is 30.2 Å². The van der Waals surface area contributed by atoms with Crippen LogP contribution in [0.5, 0.6) is 0 Å².